The molecule has 8 nitrogen and oxygen atoms in total. The molecule has 0 saturated carbocycles. The second-order valence-electron chi connectivity index (χ2n) is 8.65. The van der Waals surface area contributed by atoms with Crippen molar-refractivity contribution >= 4 is 11.9 Å². The Morgan fingerprint density at radius 3 is 2.58 bits per heavy atom. The molecule has 8 heteroatoms. The van der Waals surface area contributed by atoms with Crippen molar-refractivity contribution in [3.8, 4) is 0 Å². The number of nitrogens with zero attached hydrogens (tertiary/aromatic N) is 6. The van der Waals surface area contributed by atoms with Gasteiger partial charge >= 0.3 is 0 Å². The van der Waals surface area contributed by atoms with Crippen molar-refractivity contribution in [3.05, 3.63) is 18.5 Å². The number of hydrogen-bond acceptors (Lipinski definition) is 6. The average molecular weight is 431 g/mol. The highest BCUT2D eigenvalue weighted by Gasteiger charge is 2.18. The summed E-state index contributed by atoms with van der Waals surface area (Å²) in [5, 5.41) is 6.90. The predicted molar refractivity (Wildman–Crippen MR) is 129 cm³/mol. The van der Waals surface area contributed by atoms with E-state index in [9.17, 15) is 0 Å². The van der Waals surface area contributed by atoms with Crippen molar-refractivity contribution in [1.29, 1.82) is 0 Å². The Hall–Kier alpha value is -1.93. The lowest BCUT2D eigenvalue weighted by Crippen LogP contribution is -2.47. The van der Waals surface area contributed by atoms with Gasteiger partial charge in [-0.1, -0.05) is 6.42 Å². The standard InChI is InChI=1S/C23H42N8/c1-3-24-22(26-13-8-16-30-15-5-4-9-21(30)2)25-12-7-14-29-17-19-31(20-18-29)23-27-10-6-11-28-23/h6,10-11,21H,3-5,7-9,12-20H2,1-2H3,(H2,24,25,26). The molecular formula is C23H42N8. The third-order valence-electron chi connectivity index (χ3n) is 6.31. The maximum atomic E-state index is 4.78. The van der Waals surface area contributed by atoms with E-state index in [1.807, 2.05) is 18.5 Å². The Labute approximate surface area is 188 Å². The van der Waals surface area contributed by atoms with Crippen LogP contribution in [0.4, 0.5) is 5.95 Å². The molecule has 0 spiro atoms. The van der Waals surface area contributed by atoms with E-state index in [0.717, 1.165) is 76.7 Å². The third kappa shape index (κ3) is 8.26. The summed E-state index contributed by atoms with van der Waals surface area (Å²) in [5.74, 6) is 1.81. The first-order chi connectivity index (χ1) is 15.3. The van der Waals surface area contributed by atoms with Crippen molar-refractivity contribution in [2.24, 2.45) is 4.99 Å². The molecule has 0 amide bonds. The fraction of sp³-hybridized carbons (Fsp3) is 0.783. The molecule has 2 saturated heterocycles. The highest BCUT2D eigenvalue weighted by Crippen LogP contribution is 2.16. The van der Waals surface area contributed by atoms with Crippen molar-refractivity contribution in [2.45, 2.75) is 52.0 Å². The summed E-state index contributed by atoms with van der Waals surface area (Å²) in [7, 11) is 0. The Morgan fingerprint density at radius 1 is 1.03 bits per heavy atom. The molecule has 1 aromatic heterocycles. The molecule has 1 unspecified atom stereocenters. The SMILES string of the molecule is CCNC(=NCCCN1CCN(c2ncccn2)CC1)NCCCN1CCCCC1C. The van der Waals surface area contributed by atoms with Crippen molar-refractivity contribution in [1.82, 2.24) is 30.4 Å². The second-order valence-corrected chi connectivity index (χ2v) is 8.65. The van der Waals surface area contributed by atoms with Crippen molar-refractivity contribution < 1.29 is 0 Å². The summed E-state index contributed by atoms with van der Waals surface area (Å²) in [5.41, 5.74) is 0. The van der Waals surface area contributed by atoms with Crippen LogP contribution in [0.2, 0.25) is 0 Å². The van der Waals surface area contributed by atoms with Gasteiger partial charge in [0.25, 0.3) is 0 Å². The van der Waals surface area contributed by atoms with E-state index in [4.69, 9.17) is 4.99 Å². The smallest absolute Gasteiger partial charge is 0.225 e. The lowest BCUT2D eigenvalue weighted by Gasteiger charge is -2.34. The van der Waals surface area contributed by atoms with Crippen LogP contribution in [0.3, 0.4) is 0 Å². The topological polar surface area (TPSA) is 71.9 Å². The number of aliphatic imine (C=N–C) groups is 1. The molecule has 2 aliphatic heterocycles. The summed E-state index contributed by atoms with van der Waals surface area (Å²) in [6, 6.07) is 2.61. The summed E-state index contributed by atoms with van der Waals surface area (Å²) in [6.45, 7) is 14.9. The average Bonchev–Trinajstić information content (AvgIpc) is 2.81. The van der Waals surface area contributed by atoms with E-state index in [2.05, 4.69) is 49.1 Å². The first kappa shape index (κ1) is 23.7. The summed E-state index contributed by atoms with van der Waals surface area (Å²) >= 11 is 0. The van der Waals surface area contributed by atoms with Crippen molar-refractivity contribution in [2.75, 3.05) is 70.3 Å². The maximum absolute atomic E-state index is 4.78. The van der Waals surface area contributed by atoms with E-state index in [-0.39, 0.29) is 0 Å². The van der Waals surface area contributed by atoms with E-state index in [1.54, 1.807) is 0 Å². The molecule has 2 aliphatic rings. The van der Waals surface area contributed by atoms with Gasteiger partial charge in [0.05, 0.1) is 0 Å². The van der Waals surface area contributed by atoms with Crippen LogP contribution in [0.1, 0.15) is 46.0 Å². The van der Waals surface area contributed by atoms with Gasteiger partial charge in [0.1, 0.15) is 0 Å². The number of guanidine groups is 1. The fourth-order valence-electron chi connectivity index (χ4n) is 4.43. The van der Waals surface area contributed by atoms with E-state index < -0.39 is 0 Å². The minimum absolute atomic E-state index is 0.748. The Morgan fingerprint density at radius 2 is 1.84 bits per heavy atom. The summed E-state index contributed by atoms with van der Waals surface area (Å²) < 4.78 is 0. The molecule has 3 heterocycles. The van der Waals surface area contributed by atoms with Crippen LogP contribution >= 0.6 is 0 Å². The zero-order valence-corrected chi connectivity index (χ0v) is 19.6. The Bertz CT molecular complexity index is 630. The van der Waals surface area contributed by atoms with Crippen LogP contribution in [-0.4, -0.2) is 97.2 Å². The van der Waals surface area contributed by atoms with Crippen LogP contribution in [-0.2, 0) is 0 Å². The van der Waals surface area contributed by atoms with Crippen molar-refractivity contribution in [3.63, 3.8) is 0 Å². The molecule has 174 valence electrons. The molecule has 0 radical (unpaired) electrons. The minimum Gasteiger partial charge on any atom is -0.357 e. The van der Waals surface area contributed by atoms with Gasteiger partial charge in [-0.2, -0.15) is 0 Å². The first-order valence-corrected chi connectivity index (χ1v) is 12.3. The Balaban J connectivity index is 1.29. The van der Waals surface area contributed by atoms with Crippen LogP contribution < -0.4 is 15.5 Å². The lowest BCUT2D eigenvalue weighted by molar-refractivity contribution is 0.159. The van der Waals surface area contributed by atoms with Gasteiger partial charge in [0, 0.05) is 77.3 Å². The monoisotopic (exact) mass is 430 g/mol. The Kier molecular flexibility index (Phi) is 10.3. The number of anilines is 1. The summed E-state index contributed by atoms with van der Waals surface area (Å²) in [4.78, 5) is 20.9. The van der Waals surface area contributed by atoms with Crippen LogP contribution in [0.5, 0.6) is 0 Å². The molecule has 0 aromatic carbocycles. The van der Waals surface area contributed by atoms with Gasteiger partial charge in [-0.25, -0.2) is 9.97 Å². The van der Waals surface area contributed by atoms with E-state index in [1.165, 1.54) is 38.8 Å². The zero-order chi connectivity index (χ0) is 21.7. The first-order valence-electron chi connectivity index (χ1n) is 12.3. The van der Waals surface area contributed by atoms with Crippen LogP contribution in [0, 0.1) is 0 Å². The lowest BCUT2D eigenvalue weighted by atomic mass is 10.0. The molecule has 2 fully saturated rings. The molecule has 2 N–H and O–H groups in total. The van der Waals surface area contributed by atoms with Gasteiger partial charge in [-0.15, -0.1) is 0 Å². The van der Waals surface area contributed by atoms with Gasteiger partial charge in [0.2, 0.25) is 5.95 Å². The van der Waals surface area contributed by atoms with Gasteiger partial charge < -0.3 is 20.4 Å². The molecule has 1 atom stereocenters. The minimum atomic E-state index is 0.748. The maximum Gasteiger partial charge on any atom is 0.225 e. The number of piperidine rings is 1. The third-order valence-corrected chi connectivity index (χ3v) is 6.31. The molecule has 0 aliphatic carbocycles. The normalized spacial score (nSPS) is 21.3. The quantitative estimate of drug-likeness (QED) is 0.333. The zero-order valence-electron chi connectivity index (χ0n) is 19.6. The van der Waals surface area contributed by atoms with Gasteiger partial charge in [-0.05, 0) is 52.1 Å². The molecule has 0 bridgehead atoms. The number of piperazine rings is 1. The molecule has 1 aromatic rings. The number of rotatable bonds is 10. The van der Waals surface area contributed by atoms with Gasteiger partial charge in [0.15, 0.2) is 5.96 Å². The summed E-state index contributed by atoms with van der Waals surface area (Å²) in [6.07, 6.45) is 10.00. The molecular weight excluding hydrogens is 388 g/mol. The number of nitrogens with one attached hydrogen (secondary N) is 2. The highest BCUT2D eigenvalue weighted by atomic mass is 15.3. The number of likely N-dealkylation sites (tertiary alicyclic amines) is 1. The highest BCUT2D eigenvalue weighted by molar-refractivity contribution is 5.79. The van der Waals surface area contributed by atoms with E-state index in [0.29, 0.717) is 0 Å². The molecule has 3 rings (SSSR count). The van der Waals surface area contributed by atoms with Gasteiger partial charge in [-0.3, -0.25) is 9.89 Å². The van der Waals surface area contributed by atoms with Crippen LogP contribution in [0.25, 0.3) is 0 Å². The fourth-order valence-corrected chi connectivity index (χ4v) is 4.43. The van der Waals surface area contributed by atoms with E-state index >= 15 is 0 Å². The second kappa shape index (κ2) is 13.5. The van der Waals surface area contributed by atoms with Crippen LogP contribution in [0.15, 0.2) is 23.5 Å². The number of hydrogen-bond donors (Lipinski definition) is 2. The molecule has 31 heavy (non-hydrogen) atoms. The largest absolute Gasteiger partial charge is 0.357 e. The number of aromatic nitrogens is 2. The predicted octanol–water partition coefficient (Wildman–Crippen LogP) is 1.81.